The van der Waals surface area contributed by atoms with E-state index in [0.29, 0.717) is 6.04 Å². The Morgan fingerprint density at radius 2 is 1.94 bits per heavy atom. The fourth-order valence-corrected chi connectivity index (χ4v) is 4.28. The van der Waals surface area contributed by atoms with E-state index in [-0.39, 0.29) is 0 Å². The van der Waals surface area contributed by atoms with Crippen LogP contribution >= 0.6 is 0 Å². The molecule has 168 valence electrons. The summed E-state index contributed by atoms with van der Waals surface area (Å²) in [5.41, 5.74) is 9.23. The monoisotopic (exact) mass is 448 g/mol. The third-order valence-corrected chi connectivity index (χ3v) is 5.78. The minimum Gasteiger partial charge on any atom is -0.382 e. The molecule has 0 saturated heterocycles. The average Bonchev–Trinajstić information content (AvgIpc) is 3.55. The number of nitrogens with zero attached hydrogens (tertiary/aromatic N) is 5. The Hall–Kier alpha value is -4.46. The van der Waals surface area contributed by atoms with E-state index in [4.69, 9.17) is 4.98 Å². The number of aryl methyl sites for hydroxylation is 1. The maximum Gasteiger partial charge on any atom is 0.135 e. The molecular formula is C26H24N8. The zero-order valence-corrected chi connectivity index (χ0v) is 19.2. The van der Waals surface area contributed by atoms with Crippen LogP contribution in [0.1, 0.15) is 19.5 Å². The number of fused-ring (bicyclic) bond motifs is 2. The minimum atomic E-state index is 0.325. The molecule has 1 aromatic carbocycles. The summed E-state index contributed by atoms with van der Waals surface area (Å²) in [5, 5.41) is 12.2. The van der Waals surface area contributed by atoms with Gasteiger partial charge in [-0.2, -0.15) is 5.10 Å². The number of hydrogen-bond acceptors (Lipinski definition) is 5. The highest BCUT2D eigenvalue weighted by molar-refractivity contribution is 5.97. The first-order valence-electron chi connectivity index (χ1n) is 11.3. The molecule has 0 radical (unpaired) electrons. The Morgan fingerprint density at radius 1 is 1.03 bits per heavy atom. The standard InChI is InChI=1S/C26H24N8/c1-15(2)29-18-9-17(11-27-12-18)20-7-8-22-25(31-20)26(33-32-22)23-10-19-21(30-23)5-4-6-24(19)34-13-16(3)28-14-34/h4-15,29-30H,1-3H3,(H,32,33). The zero-order valence-electron chi connectivity index (χ0n) is 19.2. The Balaban J connectivity index is 1.45. The van der Waals surface area contributed by atoms with Crippen LogP contribution in [0.3, 0.4) is 0 Å². The molecule has 0 fully saturated rings. The van der Waals surface area contributed by atoms with Gasteiger partial charge in [0.1, 0.15) is 11.2 Å². The topological polar surface area (TPSA) is 100 Å². The van der Waals surface area contributed by atoms with Gasteiger partial charge in [-0.15, -0.1) is 0 Å². The molecule has 0 unspecified atom stereocenters. The first-order valence-corrected chi connectivity index (χ1v) is 11.3. The molecule has 8 heteroatoms. The lowest BCUT2D eigenvalue weighted by atomic mass is 10.1. The molecule has 0 saturated carbocycles. The highest BCUT2D eigenvalue weighted by atomic mass is 15.1. The molecule has 0 atom stereocenters. The van der Waals surface area contributed by atoms with Gasteiger partial charge in [0.05, 0.1) is 40.3 Å². The summed E-state index contributed by atoms with van der Waals surface area (Å²) in [6, 6.07) is 14.7. The summed E-state index contributed by atoms with van der Waals surface area (Å²) in [7, 11) is 0. The average molecular weight is 449 g/mol. The van der Waals surface area contributed by atoms with Crippen LogP contribution in [0.2, 0.25) is 0 Å². The van der Waals surface area contributed by atoms with E-state index in [1.807, 2.05) is 54.6 Å². The van der Waals surface area contributed by atoms with Crippen molar-refractivity contribution < 1.29 is 0 Å². The van der Waals surface area contributed by atoms with Crippen molar-refractivity contribution in [1.29, 1.82) is 0 Å². The quantitative estimate of drug-likeness (QED) is 0.324. The van der Waals surface area contributed by atoms with Gasteiger partial charge in [0, 0.05) is 41.1 Å². The van der Waals surface area contributed by atoms with Gasteiger partial charge in [0.2, 0.25) is 0 Å². The van der Waals surface area contributed by atoms with E-state index in [1.165, 1.54) is 0 Å². The van der Waals surface area contributed by atoms with Gasteiger partial charge in [0.25, 0.3) is 0 Å². The van der Waals surface area contributed by atoms with Gasteiger partial charge < -0.3 is 14.9 Å². The maximum absolute atomic E-state index is 4.96. The van der Waals surface area contributed by atoms with Gasteiger partial charge in [-0.25, -0.2) is 9.97 Å². The Kier molecular flexibility index (Phi) is 4.65. The van der Waals surface area contributed by atoms with E-state index in [0.717, 1.165) is 61.7 Å². The second kappa shape index (κ2) is 7.84. The van der Waals surface area contributed by atoms with Crippen LogP contribution in [0.25, 0.3) is 50.3 Å². The van der Waals surface area contributed by atoms with Gasteiger partial charge >= 0.3 is 0 Å². The molecule has 0 bridgehead atoms. The zero-order chi connectivity index (χ0) is 23.2. The number of nitrogens with one attached hydrogen (secondary N) is 3. The van der Waals surface area contributed by atoms with Crippen molar-refractivity contribution in [3.8, 4) is 28.3 Å². The number of aromatic nitrogens is 7. The first-order chi connectivity index (χ1) is 16.5. The van der Waals surface area contributed by atoms with Crippen molar-refractivity contribution in [3.63, 3.8) is 0 Å². The largest absolute Gasteiger partial charge is 0.382 e. The lowest BCUT2D eigenvalue weighted by molar-refractivity contribution is 0.898. The van der Waals surface area contributed by atoms with Crippen molar-refractivity contribution in [1.82, 2.24) is 34.7 Å². The highest BCUT2D eigenvalue weighted by Gasteiger charge is 2.15. The summed E-state index contributed by atoms with van der Waals surface area (Å²) in [6.45, 7) is 6.20. The van der Waals surface area contributed by atoms with Crippen LogP contribution in [0.4, 0.5) is 5.69 Å². The van der Waals surface area contributed by atoms with Crippen LogP contribution < -0.4 is 5.32 Å². The molecule has 0 spiro atoms. The van der Waals surface area contributed by atoms with Crippen LogP contribution in [0, 0.1) is 6.92 Å². The van der Waals surface area contributed by atoms with Gasteiger partial charge in [0.15, 0.2) is 0 Å². The predicted octanol–water partition coefficient (Wildman–Crippen LogP) is 5.48. The van der Waals surface area contributed by atoms with E-state index in [1.54, 1.807) is 0 Å². The third-order valence-electron chi connectivity index (χ3n) is 5.78. The van der Waals surface area contributed by atoms with Gasteiger partial charge in [-0.05, 0) is 57.2 Å². The Bertz CT molecular complexity index is 1640. The summed E-state index contributed by atoms with van der Waals surface area (Å²) in [5.74, 6) is 0. The molecule has 0 aliphatic heterocycles. The number of anilines is 1. The molecule has 34 heavy (non-hydrogen) atoms. The number of H-pyrrole nitrogens is 2. The van der Waals surface area contributed by atoms with Crippen molar-refractivity contribution in [3.05, 3.63) is 73.1 Å². The fourth-order valence-electron chi connectivity index (χ4n) is 4.28. The molecule has 3 N–H and O–H groups in total. The molecule has 8 nitrogen and oxygen atoms in total. The van der Waals surface area contributed by atoms with E-state index in [9.17, 15) is 0 Å². The van der Waals surface area contributed by atoms with Crippen LogP contribution in [0.15, 0.2) is 67.4 Å². The normalized spacial score (nSPS) is 11.6. The smallest absolute Gasteiger partial charge is 0.135 e. The molecular weight excluding hydrogens is 424 g/mol. The van der Waals surface area contributed by atoms with Crippen molar-refractivity contribution in [2.75, 3.05) is 5.32 Å². The van der Waals surface area contributed by atoms with Crippen molar-refractivity contribution >= 4 is 27.6 Å². The molecule has 6 aromatic rings. The van der Waals surface area contributed by atoms with Crippen molar-refractivity contribution in [2.45, 2.75) is 26.8 Å². The highest BCUT2D eigenvalue weighted by Crippen LogP contribution is 2.32. The number of aromatic amines is 2. The molecule has 0 amide bonds. The number of rotatable bonds is 5. The minimum absolute atomic E-state index is 0.325. The molecule has 6 rings (SSSR count). The van der Waals surface area contributed by atoms with E-state index < -0.39 is 0 Å². The SMILES string of the molecule is Cc1cn(-c2cccc3[nH]c(-c4n[nH]c5ccc(-c6cncc(NC(C)C)c6)nc45)cc23)cn1. The second-order valence-electron chi connectivity index (χ2n) is 8.77. The predicted molar refractivity (Wildman–Crippen MR) is 135 cm³/mol. The third kappa shape index (κ3) is 3.49. The lowest BCUT2D eigenvalue weighted by Gasteiger charge is -2.10. The number of pyridine rings is 2. The summed E-state index contributed by atoms with van der Waals surface area (Å²) in [4.78, 5) is 17.2. The van der Waals surface area contributed by atoms with Crippen LogP contribution in [-0.4, -0.2) is 40.7 Å². The van der Waals surface area contributed by atoms with Crippen LogP contribution in [0.5, 0.6) is 0 Å². The second-order valence-corrected chi connectivity index (χ2v) is 8.77. The molecule has 0 aliphatic rings. The summed E-state index contributed by atoms with van der Waals surface area (Å²) < 4.78 is 2.04. The maximum atomic E-state index is 4.96. The molecule has 0 aliphatic carbocycles. The molecule has 5 aromatic heterocycles. The van der Waals surface area contributed by atoms with Crippen LogP contribution in [-0.2, 0) is 0 Å². The Labute approximate surface area is 196 Å². The van der Waals surface area contributed by atoms with E-state index in [2.05, 4.69) is 68.6 Å². The Morgan fingerprint density at radius 3 is 2.76 bits per heavy atom. The fraction of sp³-hybridized carbons (Fsp3) is 0.154. The molecule has 5 heterocycles. The van der Waals surface area contributed by atoms with E-state index >= 15 is 0 Å². The number of benzene rings is 1. The van der Waals surface area contributed by atoms with Crippen molar-refractivity contribution in [2.24, 2.45) is 0 Å². The first kappa shape index (κ1) is 20.2. The summed E-state index contributed by atoms with van der Waals surface area (Å²) in [6.07, 6.45) is 7.53. The lowest BCUT2D eigenvalue weighted by Crippen LogP contribution is -2.09. The van der Waals surface area contributed by atoms with Gasteiger partial charge in [-0.3, -0.25) is 10.1 Å². The number of hydrogen-bond donors (Lipinski definition) is 3. The number of imidazole rings is 1. The van der Waals surface area contributed by atoms with Gasteiger partial charge in [-0.1, -0.05) is 6.07 Å². The summed E-state index contributed by atoms with van der Waals surface area (Å²) >= 11 is 0.